The maximum absolute atomic E-state index is 12.3. The number of hydrogen-bond acceptors (Lipinski definition) is 8. The first-order valence-electron chi connectivity index (χ1n) is 20.0. The Bertz CT molecular complexity index is 1190. The molecule has 3 atom stereocenters. The number of unbranched alkanes of at least 4 members (excludes halogenated alkanes) is 10. The fourth-order valence-corrected chi connectivity index (χ4v) is 5.64. The van der Waals surface area contributed by atoms with E-state index in [-0.39, 0.29) is 12.8 Å². The van der Waals surface area contributed by atoms with Crippen molar-refractivity contribution in [3.63, 3.8) is 0 Å². The lowest BCUT2D eigenvalue weighted by molar-refractivity contribution is -0.147. The fourth-order valence-electron chi connectivity index (χ4n) is 4.87. The molecular weight excluding hydrogens is 709 g/mol. The van der Waals surface area contributed by atoms with E-state index in [1.54, 1.807) is 0 Å². The Hall–Kier alpha value is -3.08. The first kappa shape index (κ1) is 50.9. The summed E-state index contributed by atoms with van der Waals surface area (Å²) < 4.78 is 26.7. The number of amides is 1. The molecule has 0 aliphatic rings. The van der Waals surface area contributed by atoms with Crippen LogP contribution in [0.4, 0.5) is 0 Å². The molecule has 0 fully saturated rings. The van der Waals surface area contributed by atoms with E-state index in [0.29, 0.717) is 19.3 Å². The van der Waals surface area contributed by atoms with Crippen molar-refractivity contribution in [2.24, 2.45) is 0 Å². The van der Waals surface area contributed by atoms with Gasteiger partial charge in [0.05, 0.1) is 13.2 Å². The Kier molecular flexibility index (Phi) is 34.8. The Morgan fingerprint density at radius 1 is 0.611 bits per heavy atom. The average molecular weight is 780 g/mol. The van der Waals surface area contributed by atoms with Gasteiger partial charge in [0, 0.05) is 12.8 Å². The molecule has 0 aromatic heterocycles. The van der Waals surface area contributed by atoms with Crippen LogP contribution in [-0.4, -0.2) is 64.9 Å². The molecule has 0 bridgehead atoms. The largest absolute Gasteiger partial charge is 0.480 e. The topological polar surface area (TPSA) is 169 Å². The van der Waals surface area contributed by atoms with Gasteiger partial charge in [-0.15, -0.1) is 0 Å². The highest BCUT2D eigenvalue weighted by Crippen LogP contribution is 2.43. The van der Waals surface area contributed by atoms with Crippen LogP contribution in [0.25, 0.3) is 0 Å². The van der Waals surface area contributed by atoms with Crippen molar-refractivity contribution in [3.05, 3.63) is 72.9 Å². The number of carbonyl (C=O) groups is 3. The molecule has 0 aliphatic carbocycles. The van der Waals surface area contributed by atoms with E-state index >= 15 is 0 Å². The van der Waals surface area contributed by atoms with Crippen molar-refractivity contribution >= 4 is 25.7 Å². The molecule has 308 valence electrons. The third-order valence-electron chi connectivity index (χ3n) is 7.98. The molecule has 0 saturated heterocycles. The number of phosphoric ester groups is 1. The number of nitrogens with one attached hydrogen (secondary N) is 1. The molecule has 0 spiro atoms. The molecule has 11 nitrogen and oxygen atoms in total. The predicted octanol–water partition coefficient (Wildman–Crippen LogP) is 9.77. The second-order valence-electron chi connectivity index (χ2n) is 13.1. The summed E-state index contributed by atoms with van der Waals surface area (Å²) in [7, 11) is -4.77. The molecule has 0 heterocycles. The van der Waals surface area contributed by atoms with Crippen molar-refractivity contribution in [1.29, 1.82) is 0 Å². The summed E-state index contributed by atoms with van der Waals surface area (Å²) in [6.45, 7) is 2.38. The predicted molar refractivity (Wildman–Crippen MR) is 217 cm³/mol. The Balaban J connectivity index is 4.07. The molecule has 0 radical (unpaired) electrons. The number of aliphatic carboxylic acids is 1. The van der Waals surface area contributed by atoms with Gasteiger partial charge in [-0.2, -0.15) is 0 Å². The summed E-state index contributed by atoms with van der Waals surface area (Å²) in [5.41, 5.74) is 0. The fraction of sp³-hybridized carbons (Fsp3) is 0.643. The molecule has 1 amide bonds. The Labute approximate surface area is 325 Å². The number of aliphatic hydroxyl groups is 1. The van der Waals surface area contributed by atoms with Gasteiger partial charge in [-0.3, -0.25) is 18.6 Å². The standard InChI is InChI=1S/C42H70NO10P/c1-3-5-7-9-11-13-15-17-18-19-20-22-23-25-27-29-31-33-40(45)43-39(42(47)48)37-53-54(49,50)52-36-38(44)35-51-41(46)34-32-30-28-26-24-21-16-14-12-10-8-6-4-2/h5,7,11,13-14,16-18,20,22,25,27,38-39,44H,3-4,6,8-10,12,15,19,21,23-24,26,28-37H2,1-2H3,(H,43,45)(H,47,48)(H,49,50)/b7-5-,13-11-,16-14-,18-17-,22-20-,27-25-. The van der Waals surface area contributed by atoms with Gasteiger partial charge in [0.1, 0.15) is 12.7 Å². The lowest BCUT2D eigenvalue weighted by Gasteiger charge is -2.18. The summed E-state index contributed by atoms with van der Waals surface area (Å²) >= 11 is 0. The highest BCUT2D eigenvalue weighted by molar-refractivity contribution is 7.47. The van der Waals surface area contributed by atoms with Crippen LogP contribution < -0.4 is 5.32 Å². The highest BCUT2D eigenvalue weighted by Gasteiger charge is 2.28. The lowest BCUT2D eigenvalue weighted by Crippen LogP contribution is -2.43. The van der Waals surface area contributed by atoms with E-state index in [0.717, 1.165) is 70.6 Å². The van der Waals surface area contributed by atoms with Gasteiger partial charge in [0.25, 0.3) is 0 Å². The van der Waals surface area contributed by atoms with Crippen LogP contribution in [0.3, 0.4) is 0 Å². The second kappa shape index (κ2) is 36.9. The van der Waals surface area contributed by atoms with E-state index in [9.17, 15) is 34.1 Å². The number of aliphatic hydroxyl groups excluding tert-OH is 1. The smallest absolute Gasteiger partial charge is 0.472 e. The van der Waals surface area contributed by atoms with Crippen LogP contribution in [0.15, 0.2) is 72.9 Å². The first-order valence-corrected chi connectivity index (χ1v) is 21.5. The number of hydrogen-bond donors (Lipinski definition) is 4. The van der Waals surface area contributed by atoms with Crippen LogP contribution in [0.2, 0.25) is 0 Å². The summed E-state index contributed by atoms with van der Waals surface area (Å²) in [6, 6.07) is -1.58. The van der Waals surface area contributed by atoms with Crippen molar-refractivity contribution in [2.45, 2.75) is 154 Å². The summed E-state index contributed by atoms with van der Waals surface area (Å²) in [5.74, 6) is -2.48. The summed E-state index contributed by atoms with van der Waals surface area (Å²) in [6.07, 6.45) is 42.2. The normalized spacial score (nSPS) is 14.6. The average Bonchev–Trinajstić information content (AvgIpc) is 3.14. The molecule has 0 saturated carbocycles. The number of rotatable bonds is 36. The van der Waals surface area contributed by atoms with Gasteiger partial charge in [-0.1, -0.05) is 125 Å². The summed E-state index contributed by atoms with van der Waals surface area (Å²) in [5, 5.41) is 21.7. The molecule has 0 rings (SSSR count). The van der Waals surface area contributed by atoms with E-state index in [1.165, 1.54) is 25.7 Å². The van der Waals surface area contributed by atoms with Crippen LogP contribution in [0, 0.1) is 0 Å². The van der Waals surface area contributed by atoms with E-state index in [1.807, 2.05) is 12.2 Å². The van der Waals surface area contributed by atoms with Crippen molar-refractivity contribution < 1.29 is 47.8 Å². The highest BCUT2D eigenvalue weighted by atomic mass is 31.2. The molecule has 12 heteroatoms. The first-order chi connectivity index (χ1) is 26.1. The van der Waals surface area contributed by atoms with Crippen LogP contribution >= 0.6 is 7.82 Å². The molecule has 0 aliphatic heterocycles. The quantitative estimate of drug-likeness (QED) is 0.0208. The monoisotopic (exact) mass is 779 g/mol. The van der Waals surface area contributed by atoms with Crippen LogP contribution in [0.1, 0.15) is 142 Å². The lowest BCUT2D eigenvalue weighted by atomic mass is 10.1. The molecule has 3 unspecified atom stereocenters. The SMILES string of the molecule is CC/C=C\C/C=C\C/C=C\C/C=C\C/C=C\CCCC(=O)NC(COP(=O)(O)OCC(O)COC(=O)CCCCCCC/C=C\CCCCCC)C(=O)O. The van der Waals surface area contributed by atoms with Gasteiger partial charge in [-0.05, 0) is 77.0 Å². The third kappa shape index (κ3) is 35.9. The maximum Gasteiger partial charge on any atom is 0.472 e. The van der Waals surface area contributed by atoms with Crippen molar-refractivity contribution in [2.75, 3.05) is 19.8 Å². The van der Waals surface area contributed by atoms with Gasteiger partial charge >= 0.3 is 19.8 Å². The van der Waals surface area contributed by atoms with Gasteiger partial charge in [-0.25, -0.2) is 9.36 Å². The minimum absolute atomic E-state index is 0.0630. The number of carbonyl (C=O) groups excluding carboxylic acids is 2. The number of ether oxygens (including phenoxy) is 1. The minimum Gasteiger partial charge on any atom is -0.480 e. The number of carboxylic acids is 1. The van der Waals surface area contributed by atoms with Crippen molar-refractivity contribution in [3.8, 4) is 0 Å². The number of carboxylic acid groups (broad SMARTS) is 1. The zero-order valence-corrected chi connectivity index (χ0v) is 33.9. The number of phosphoric acid groups is 1. The molecule has 4 N–H and O–H groups in total. The maximum atomic E-state index is 12.3. The zero-order chi connectivity index (χ0) is 40.0. The molecule has 0 aromatic carbocycles. The van der Waals surface area contributed by atoms with Crippen LogP contribution in [0.5, 0.6) is 0 Å². The second-order valence-corrected chi connectivity index (χ2v) is 14.5. The van der Waals surface area contributed by atoms with Gasteiger partial charge in [0.2, 0.25) is 5.91 Å². The molecule has 0 aromatic rings. The number of allylic oxidation sites excluding steroid dienone is 12. The van der Waals surface area contributed by atoms with Crippen LogP contribution in [-0.2, 0) is 32.7 Å². The van der Waals surface area contributed by atoms with E-state index in [2.05, 4.69) is 79.9 Å². The number of esters is 1. The third-order valence-corrected chi connectivity index (χ3v) is 8.93. The van der Waals surface area contributed by atoms with Crippen molar-refractivity contribution in [1.82, 2.24) is 5.32 Å². The molecule has 54 heavy (non-hydrogen) atoms. The Morgan fingerprint density at radius 2 is 1.09 bits per heavy atom. The molecular formula is C42H70NO10P. The van der Waals surface area contributed by atoms with E-state index < -0.39 is 57.6 Å². The van der Waals surface area contributed by atoms with Gasteiger partial charge < -0.3 is 25.2 Å². The van der Waals surface area contributed by atoms with Gasteiger partial charge in [0.15, 0.2) is 6.04 Å². The Morgan fingerprint density at radius 3 is 1.67 bits per heavy atom. The zero-order valence-electron chi connectivity index (χ0n) is 33.0. The van der Waals surface area contributed by atoms with E-state index in [4.69, 9.17) is 13.8 Å². The summed E-state index contributed by atoms with van der Waals surface area (Å²) in [4.78, 5) is 45.7. The minimum atomic E-state index is -4.77.